The molecule has 0 spiro atoms. The van der Waals surface area contributed by atoms with Gasteiger partial charge in [0.2, 0.25) is 0 Å². The topological polar surface area (TPSA) is 47.8 Å². The summed E-state index contributed by atoms with van der Waals surface area (Å²) in [5.41, 5.74) is 2.09. The summed E-state index contributed by atoms with van der Waals surface area (Å²) >= 11 is 0. The minimum atomic E-state index is -0.624. The van der Waals surface area contributed by atoms with Crippen LogP contribution in [0, 0.1) is 6.92 Å². The van der Waals surface area contributed by atoms with Gasteiger partial charge < -0.3 is 4.79 Å². The van der Waals surface area contributed by atoms with Gasteiger partial charge in [0.15, 0.2) is 0 Å². The smallest absolute Gasteiger partial charge is 0.147 e. The molecule has 0 aliphatic rings. The molecule has 2 rings (SSSR count). The summed E-state index contributed by atoms with van der Waals surface area (Å²) in [6.45, 7) is 5.64. The Hall–Kier alpha value is -1.97. The first-order chi connectivity index (χ1) is 8.04. The maximum absolute atomic E-state index is 11.0. The van der Waals surface area contributed by atoms with Crippen LogP contribution in [0.15, 0.2) is 30.6 Å². The van der Waals surface area contributed by atoms with E-state index < -0.39 is 5.54 Å². The number of rotatable bonds is 3. The van der Waals surface area contributed by atoms with Crippen molar-refractivity contribution in [3.63, 3.8) is 0 Å². The largest absolute Gasteiger partial charge is 0.301 e. The lowest BCUT2D eigenvalue weighted by molar-refractivity contribution is -0.114. The minimum Gasteiger partial charge on any atom is -0.301 e. The Morgan fingerprint density at radius 1 is 1.35 bits per heavy atom. The molecule has 2 aromatic heterocycles. The Morgan fingerprint density at radius 3 is 2.76 bits per heavy atom. The van der Waals surface area contributed by atoms with Crippen molar-refractivity contribution in [2.45, 2.75) is 26.3 Å². The normalized spacial score (nSPS) is 11.5. The fourth-order valence-corrected chi connectivity index (χ4v) is 1.58. The van der Waals surface area contributed by atoms with E-state index in [2.05, 4.69) is 10.1 Å². The van der Waals surface area contributed by atoms with Crippen molar-refractivity contribution in [2.24, 2.45) is 0 Å². The van der Waals surface area contributed by atoms with Gasteiger partial charge in [-0.2, -0.15) is 5.10 Å². The van der Waals surface area contributed by atoms with Crippen LogP contribution in [0.5, 0.6) is 0 Å². The molecule has 2 aromatic rings. The monoisotopic (exact) mass is 229 g/mol. The van der Waals surface area contributed by atoms with Crippen LogP contribution in [0.3, 0.4) is 0 Å². The van der Waals surface area contributed by atoms with Crippen molar-refractivity contribution in [1.29, 1.82) is 0 Å². The van der Waals surface area contributed by atoms with E-state index in [1.807, 2.05) is 39.0 Å². The molecule has 0 radical (unpaired) electrons. The average Bonchev–Trinajstić information content (AvgIpc) is 2.79. The van der Waals surface area contributed by atoms with Gasteiger partial charge in [-0.25, -0.2) is 0 Å². The quantitative estimate of drug-likeness (QED) is 0.758. The van der Waals surface area contributed by atoms with Crippen molar-refractivity contribution in [2.75, 3.05) is 0 Å². The molecule has 0 fully saturated rings. The van der Waals surface area contributed by atoms with E-state index in [4.69, 9.17) is 0 Å². The van der Waals surface area contributed by atoms with Crippen LogP contribution in [0.4, 0.5) is 0 Å². The molecule has 0 aromatic carbocycles. The van der Waals surface area contributed by atoms with Gasteiger partial charge in [-0.1, -0.05) is 6.07 Å². The number of aryl methyl sites for hydroxylation is 1. The lowest BCUT2D eigenvalue weighted by atomic mass is 10.1. The molecule has 0 N–H and O–H groups in total. The summed E-state index contributed by atoms with van der Waals surface area (Å²) in [4.78, 5) is 15.3. The van der Waals surface area contributed by atoms with Crippen LogP contribution in [-0.2, 0) is 10.3 Å². The molecule has 0 bridgehead atoms. The lowest BCUT2D eigenvalue weighted by Gasteiger charge is -2.17. The molecule has 0 atom stereocenters. The maximum Gasteiger partial charge on any atom is 0.147 e. The van der Waals surface area contributed by atoms with Gasteiger partial charge in [-0.15, -0.1) is 0 Å². The SMILES string of the molecule is Cc1cccnc1-c1ccn(C(C)(C)C=O)n1. The summed E-state index contributed by atoms with van der Waals surface area (Å²) in [5.74, 6) is 0. The third-order valence-electron chi connectivity index (χ3n) is 2.72. The molecular formula is C13H15N3O. The second-order valence-corrected chi connectivity index (χ2v) is 4.59. The van der Waals surface area contributed by atoms with Crippen molar-refractivity contribution >= 4 is 6.29 Å². The van der Waals surface area contributed by atoms with Gasteiger partial charge in [0, 0.05) is 12.4 Å². The molecule has 0 unspecified atom stereocenters. The van der Waals surface area contributed by atoms with E-state index in [1.54, 1.807) is 17.1 Å². The average molecular weight is 229 g/mol. The van der Waals surface area contributed by atoms with Gasteiger partial charge in [0.1, 0.15) is 17.5 Å². The summed E-state index contributed by atoms with van der Waals surface area (Å²) in [7, 11) is 0. The van der Waals surface area contributed by atoms with Crippen LogP contribution in [-0.4, -0.2) is 21.1 Å². The molecule has 88 valence electrons. The second-order valence-electron chi connectivity index (χ2n) is 4.59. The Balaban J connectivity index is 2.44. The fraction of sp³-hybridized carbons (Fsp3) is 0.308. The standard InChI is InChI=1S/C13H15N3O/c1-10-5-4-7-14-12(10)11-6-8-16(15-11)13(2,3)9-17/h4-9H,1-3H3. The highest BCUT2D eigenvalue weighted by Crippen LogP contribution is 2.20. The molecular weight excluding hydrogens is 214 g/mol. The number of carbonyl (C=O) groups excluding carboxylic acids is 1. The van der Waals surface area contributed by atoms with Crippen LogP contribution in [0.25, 0.3) is 11.4 Å². The number of aromatic nitrogens is 3. The van der Waals surface area contributed by atoms with Crippen LogP contribution in [0.2, 0.25) is 0 Å². The van der Waals surface area contributed by atoms with Crippen molar-refractivity contribution in [3.05, 3.63) is 36.2 Å². The number of nitrogens with zero attached hydrogens (tertiary/aromatic N) is 3. The summed E-state index contributed by atoms with van der Waals surface area (Å²) in [6.07, 6.45) is 4.43. The molecule has 4 heteroatoms. The molecule has 0 aliphatic heterocycles. The van der Waals surface area contributed by atoms with Gasteiger partial charge >= 0.3 is 0 Å². The number of aldehydes is 1. The Morgan fingerprint density at radius 2 is 2.12 bits per heavy atom. The van der Waals surface area contributed by atoms with E-state index in [0.717, 1.165) is 23.2 Å². The summed E-state index contributed by atoms with van der Waals surface area (Å²) in [5, 5.41) is 4.41. The van der Waals surface area contributed by atoms with Crippen LogP contribution >= 0.6 is 0 Å². The molecule has 0 amide bonds. The minimum absolute atomic E-state index is 0.624. The molecule has 0 aliphatic carbocycles. The van der Waals surface area contributed by atoms with Crippen molar-refractivity contribution in [3.8, 4) is 11.4 Å². The van der Waals surface area contributed by atoms with Gasteiger partial charge in [0.05, 0.1) is 5.69 Å². The molecule has 4 nitrogen and oxygen atoms in total. The Labute approximate surface area is 100 Å². The number of pyridine rings is 1. The number of hydrogen-bond donors (Lipinski definition) is 0. The highest BCUT2D eigenvalue weighted by Gasteiger charge is 2.20. The number of hydrogen-bond acceptors (Lipinski definition) is 3. The van der Waals surface area contributed by atoms with Crippen molar-refractivity contribution < 1.29 is 4.79 Å². The van der Waals surface area contributed by atoms with Crippen LogP contribution in [0.1, 0.15) is 19.4 Å². The van der Waals surface area contributed by atoms with E-state index in [1.165, 1.54) is 0 Å². The molecule has 17 heavy (non-hydrogen) atoms. The predicted molar refractivity (Wildman–Crippen MR) is 65.6 cm³/mol. The van der Waals surface area contributed by atoms with Gasteiger partial charge in [0.25, 0.3) is 0 Å². The van der Waals surface area contributed by atoms with Crippen molar-refractivity contribution in [1.82, 2.24) is 14.8 Å². The zero-order valence-electron chi connectivity index (χ0n) is 10.2. The fourth-order valence-electron chi connectivity index (χ4n) is 1.58. The second kappa shape index (κ2) is 4.13. The third kappa shape index (κ3) is 2.11. The van der Waals surface area contributed by atoms with E-state index >= 15 is 0 Å². The first kappa shape index (κ1) is 11.5. The zero-order valence-corrected chi connectivity index (χ0v) is 10.2. The highest BCUT2D eigenvalue weighted by molar-refractivity contribution is 5.62. The van der Waals surface area contributed by atoms with E-state index in [0.29, 0.717) is 0 Å². The molecule has 2 heterocycles. The van der Waals surface area contributed by atoms with Crippen LogP contribution < -0.4 is 0 Å². The molecule has 0 saturated carbocycles. The zero-order chi connectivity index (χ0) is 12.5. The summed E-state index contributed by atoms with van der Waals surface area (Å²) in [6, 6.07) is 5.76. The lowest BCUT2D eigenvalue weighted by Crippen LogP contribution is -2.28. The first-order valence-electron chi connectivity index (χ1n) is 5.49. The van der Waals surface area contributed by atoms with E-state index in [9.17, 15) is 4.79 Å². The maximum atomic E-state index is 11.0. The summed E-state index contributed by atoms with van der Waals surface area (Å²) < 4.78 is 1.66. The predicted octanol–water partition coefficient (Wildman–Crippen LogP) is 2.19. The van der Waals surface area contributed by atoms with E-state index in [-0.39, 0.29) is 0 Å². The first-order valence-corrected chi connectivity index (χ1v) is 5.49. The van der Waals surface area contributed by atoms with Gasteiger partial charge in [-0.3, -0.25) is 9.67 Å². The highest BCUT2D eigenvalue weighted by atomic mass is 16.1. The molecule has 0 saturated heterocycles. The third-order valence-corrected chi connectivity index (χ3v) is 2.72. The Kier molecular flexibility index (Phi) is 2.79. The number of carbonyl (C=O) groups is 1. The Bertz CT molecular complexity index is 543. The van der Waals surface area contributed by atoms with Gasteiger partial charge in [-0.05, 0) is 38.5 Å².